The second-order valence-electron chi connectivity index (χ2n) is 44.7. The monoisotopic (exact) mass is 1920 g/mol. The molecule has 2 fully saturated rings. The number of benzene rings is 7. The Bertz CT molecular complexity index is 3970. The largest absolute Gasteiger partial charge is 0.508 e. The maximum absolute atomic E-state index is 12.0. The summed E-state index contributed by atoms with van der Waals surface area (Å²) >= 11 is 0. The number of hydrogen-bond acceptors (Lipinski definition) is 14. The van der Waals surface area contributed by atoms with Gasteiger partial charge in [-0.05, 0) is 426 Å². The molecule has 7 aromatic carbocycles. The van der Waals surface area contributed by atoms with Crippen molar-refractivity contribution in [2.45, 2.75) is 487 Å². The standard InChI is InChI=1S/2C14H22O.2C13H24O2.2C10H20O2.4C10H14O.C10H14/c2*1-6-11(2)12-7-9-13(10-8-12)15-14(3,4)5;2*1-5-12(3,4)11(14)15-13(6-2)9-7-8-10-13;2*1-7-10(5,6)8(11)12-9(2,3)4;4*1-3-8(2)9-4-6-10(11)7-5-9;1-3-9(2)10-7-5-4-6-8-10/h2*7-11H,6H2,1-5H3;2*5-10H2,1-4H3;2*7H2,1-6H3;4*4-8,11H,3H2,1-2H3;4-9H,3H2,1-2H3. The van der Waals surface area contributed by atoms with Gasteiger partial charge in [-0.1, -0.05) is 242 Å². The summed E-state index contributed by atoms with van der Waals surface area (Å²) in [5.41, 5.74) is 6.81. The van der Waals surface area contributed by atoms with E-state index in [9.17, 15) is 19.2 Å². The van der Waals surface area contributed by atoms with E-state index in [1.165, 1.54) is 83.9 Å². The van der Waals surface area contributed by atoms with Crippen molar-refractivity contribution in [3.63, 3.8) is 0 Å². The normalized spacial score (nSPS) is 14.7. The summed E-state index contributed by atoms with van der Waals surface area (Å²) in [5.74, 6) is 7.37. The fourth-order valence-electron chi connectivity index (χ4n) is 13.3. The number of ether oxygens (including phenoxy) is 6. The molecular formula is C124H202O14. The molecule has 0 saturated heterocycles. The highest BCUT2D eigenvalue weighted by molar-refractivity contribution is 5.78. The quantitative estimate of drug-likeness (QED) is 0.0266. The zero-order chi connectivity index (χ0) is 106. The average Bonchev–Trinajstić information content (AvgIpc) is 1.69. The van der Waals surface area contributed by atoms with Crippen LogP contribution in [0.15, 0.2) is 176 Å². The number of hydrogen-bond donors (Lipinski definition) is 4. The Kier molecular flexibility index (Phi) is 61.5. The van der Waals surface area contributed by atoms with E-state index in [2.05, 4.69) is 231 Å². The lowest BCUT2D eigenvalue weighted by molar-refractivity contribution is -0.171. The van der Waals surface area contributed by atoms with Crippen LogP contribution in [0, 0.1) is 21.7 Å². The van der Waals surface area contributed by atoms with E-state index in [0.717, 1.165) is 101 Å². The van der Waals surface area contributed by atoms with Crippen LogP contribution in [0.1, 0.15) is 492 Å². The van der Waals surface area contributed by atoms with Crippen LogP contribution in [-0.4, -0.2) is 77.9 Å². The lowest BCUT2D eigenvalue weighted by Crippen LogP contribution is -2.37. The molecule has 2 aliphatic carbocycles. The van der Waals surface area contributed by atoms with Crippen molar-refractivity contribution in [3.8, 4) is 34.5 Å². The summed E-state index contributed by atoms with van der Waals surface area (Å²) in [7, 11) is 0. The smallest absolute Gasteiger partial charge is 0.312 e. The molecule has 4 N–H and O–H groups in total. The van der Waals surface area contributed by atoms with Crippen LogP contribution in [0.4, 0.5) is 0 Å². The van der Waals surface area contributed by atoms with Gasteiger partial charge in [-0.3, -0.25) is 19.2 Å². The van der Waals surface area contributed by atoms with Crippen molar-refractivity contribution >= 4 is 23.9 Å². The molecule has 7 atom stereocenters. The van der Waals surface area contributed by atoms with E-state index in [1.54, 1.807) is 48.5 Å². The molecule has 0 bridgehead atoms. The number of aromatic hydroxyl groups is 4. The molecule has 9 rings (SSSR count). The van der Waals surface area contributed by atoms with E-state index >= 15 is 0 Å². The van der Waals surface area contributed by atoms with Crippen LogP contribution in [0.2, 0.25) is 0 Å². The van der Waals surface area contributed by atoms with E-state index in [1.807, 2.05) is 173 Å². The fraction of sp³-hybridized carbons (Fsp3) is 0.629. The Morgan fingerprint density at radius 3 is 0.587 bits per heavy atom. The van der Waals surface area contributed by atoms with Gasteiger partial charge in [0.15, 0.2) is 0 Å². The Morgan fingerprint density at radius 2 is 0.428 bits per heavy atom. The molecule has 782 valence electrons. The van der Waals surface area contributed by atoms with E-state index in [0.29, 0.717) is 64.4 Å². The maximum Gasteiger partial charge on any atom is 0.312 e. The van der Waals surface area contributed by atoms with Gasteiger partial charge in [0.05, 0.1) is 21.7 Å². The number of phenolic OH excluding ortho intramolecular Hbond substituents is 4. The van der Waals surface area contributed by atoms with E-state index in [4.69, 9.17) is 48.8 Å². The molecule has 0 aliphatic heterocycles. The molecule has 0 amide bonds. The second kappa shape index (κ2) is 64.6. The Balaban J connectivity index is 0. The van der Waals surface area contributed by atoms with E-state index in [-0.39, 0.29) is 79.1 Å². The summed E-state index contributed by atoms with van der Waals surface area (Å²) < 4.78 is 33.6. The number of carbonyl (C=O) groups is 4. The van der Waals surface area contributed by atoms with Gasteiger partial charge in [-0.15, -0.1) is 0 Å². The van der Waals surface area contributed by atoms with Crippen molar-refractivity contribution in [1.82, 2.24) is 0 Å². The predicted octanol–water partition coefficient (Wildman–Crippen LogP) is 36.5. The molecule has 7 unspecified atom stereocenters. The van der Waals surface area contributed by atoms with Crippen LogP contribution >= 0.6 is 0 Å². The highest BCUT2D eigenvalue weighted by Gasteiger charge is 2.42. The second-order valence-corrected chi connectivity index (χ2v) is 44.7. The lowest BCUT2D eigenvalue weighted by atomic mass is 9.89. The zero-order valence-corrected chi connectivity index (χ0v) is 95.0. The van der Waals surface area contributed by atoms with Crippen LogP contribution in [0.3, 0.4) is 0 Å². The minimum absolute atomic E-state index is 0.0197. The lowest BCUT2D eigenvalue weighted by Gasteiger charge is -2.32. The number of phenols is 4. The van der Waals surface area contributed by atoms with Gasteiger partial charge in [0.2, 0.25) is 0 Å². The topological polar surface area (TPSA) is 205 Å². The summed E-state index contributed by atoms with van der Waals surface area (Å²) in [6.07, 6.45) is 22.4. The predicted molar refractivity (Wildman–Crippen MR) is 587 cm³/mol. The maximum atomic E-state index is 12.0. The molecule has 0 heterocycles. The zero-order valence-electron chi connectivity index (χ0n) is 95.0. The molecule has 0 radical (unpaired) electrons. The van der Waals surface area contributed by atoms with Gasteiger partial charge < -0.3 is 48.8 Å². The molecule has 2 aliphatic rings. The van der Waals surface area contributed by atoms with Crippen LogP contribution < -0.4 is 9.47 Å². The highest BCUT2D eigenvalue weighted by Crippen LogP contribution is 2.41. The molecule has 7 aromatic rings. The minimum atomic E-state index is -0.372. The van der Waals surface area contributed by atoms with Crippen molar-refractivity contribution < 1.29 is 68.0 Å². The van der Waals surface area contributed by atoms with Crippen LogP contribution in [0.5, 0.6) is 34.5 Å². The molecular weight excluding hydrogens is 1710 g/mol. The molecule has 0 spiro atoms. The Morgan fingerprint density at radius 1 is 0.254 bits per heavy atom. The summed E-state index contributed by atoms with van der Waals surface area (Å²) in [5, 5.41) is 36.0. The third-order valence-electron chi connectivity index (χ3n) is 26.7. The van der Waals surface area contributed by atoms with Gasteiger partial charge >= 0.3 is 23.9 Å². The molecule has 14 nitrogen and oxygen atoms in total. The molecule has 0 aromatic heterocycles. The first kappa shape index (κ1) is 131. The van der Waals surface area contributed by atoms with Gasteiger partial charge in [0.25, 0.3) is 0 Å². The van der Waals surface area contributed by atoms with Crippen molar-refractivity contribution in [2.75, 3.05) is 0 Å². The number of carbonyl (C=O) groups excluding carboxylic acids is 4. The van der Waals surface area contributed by atoms with Crippen molar-refractivity contribution in [1.29, 1.82) is 0 Å². The molecule has 14 heteroatoms. The van der Waals surface area contributed by atoms with Gasteiger partial charge in [0.1, 0.15) is 68.1 Å². The molecule has 2 saturated carbocycles. The SMILES string of the molecule is CCC(C)(C)C(=O)OC(C)(C)C.CCC(C)(C)C(=O)OC(C)(C)C.CCC(C)c1ccc(O)cc1.CCC(C)c1ccc(O)cc1.CCC(C)c1ccc(O)cc1.CCC(C)c1ccc(O)cc1.CCC(C)c1ccc(OC(C)(C)C)cc1.CCC(C)c1ccc(OC(C)(C)C)cc1.CCC(C)c1ccccc1.CCC1(OC(=O)C(C)(C)CC)CCCC1.CCC1(OC(=O)C(C)(C)CC)CCCC1. The minimum Gasteiger partial charge on any atom is -0.508 e. The third kappa shape index (κ3) is 55.4. The van der Waals surface area contributed by atoms with Gasteiger partial charge in [0, 0.05) is 0 Å². The first-order valence-corrected chi connectivity index (χ1v) is 52.6. The van der Waals surface area contributed by atoms with Crippen molar-refractivity contribution in [3.05, 3.63) is 215 Å². The van der Waals surface area contributed by atoms with Gasteiger partial charge in [-0.2, -0.15) is 0 Å². The Labute approximate surface area is 844 Å². The highest BCUT2D eigenvalue weighted by atomic mass is 16.6. The third-order valence-corrected chi connectivity index (χ3v) is 26.7. The average molecular weight is 1920 g/mol. The summed E-state index contributed by atoms with van der Waals surface area (Å²) in [6, 6.07) is 57.2. The number of rotatable bonds is 28. The first-order valence-electron chi connectivity index (χ1n) is 52.6. The molecule has 138 heavy (non-hydrogen) atoms. The van der Waals surface area contributed by atoms with Crippen LogP contribution in [-0.2, 0) is 38.1 Å². The van der Waals surface area contributed by atoms with E-state index < -0.39 is 0 Å². The Hall–Kier alpha value is -8.78. The number of esters is 4. The van der Waals surface area contributed by atoms with Crippen LogP contribution in [0.25, 0.3) is 0 Å². The van der Waals surface area contributed by atoms with Crippen molar-refractivity contribution in [2.24, 2.45) is 21.7 Å². The summed E-state index contributed by atoms with van der Waals surface area (Å²) in [4.78, 5) is 47.0. The first-order chi connectivity index (χ1) is 63.9. The fourth-order valence-corrected chi connectivity index (χ4v) is 13.3. The summed E-state index contributed by atoms with van der Waals surface area (Å²) in [6.45, 7) is 82.3. The van der Waals surface area contributed by atoms with Gasteiger partial charge in [-0.25, -0.2) is 0 Å².